The number of rotatable bonds is 6. The van der Waals surface area contributed by atoms with Gasteiger partial charge in [-0.2, -0.15) is 39.5 Å². The van der Waals surface area contributed by atoms with E-state index < -0.39 is 33.4 Å². The van der Waals surface area contributed by atoms with Gasteiger partial charge in [0.1, 0.15) is 11.5 Å². The van der Waals surface area contributed by atoms with Crippen LogP contribution in [-0.2, 0) is 21.0 Å². The van der Waals surface area contributed by atoms with Crippen LogP contribution in [0.25, 0.3) is 10.8 Å². The van der Waals surface area contributed by atoms with E-state index in [-0.39, 0.29) is 0 Å². The van der Waals surface area contributed by atoms with Crippen LogP contribution in [0.3, 0.4) is 0 Å². The first kappa shape index (κ1) is 32.6. The average molecular weight is 655 g/mol. The monoisotopic (exact) mass is 654 g/mol. The van der Waals surface area contributed by atoms with E-state index in [1.165, 1.54) is 72.1 Å². The second kappa shape index (κ2) is 11.6. The zero-order valence-corrected chi connectivity index (χ0v) is 23.9. The molecule has 4 aliphatic rings. The van der Waals surface area contributed by atoms with Gasteiger partial charge in [0, 0.05) is 27.1 Å². The lowest BCUT2D eigenvalue weighted by Crippen LogP contribution is -2.63. The van der Waals surface area contributed by atoms with Gasteiger partial charge in [-0.25, -0.2) is 8.42 Å². The van der Waals surface area contributed by atoms with Gasteiger partial charge in [-0.3, -0.25) is 0 Å². The molecule has 15 heteroatoms. The molecule has 1 atom stereocenters. The topological polar surface area (TPSA) is 57.2 Å². The van der Waals surface area contributed by atoms with E-state index in [0.29, 0.717) is 10.9 Å². The van der Waals surface area contributed by atoms with Crippen molar-refractivity contribution in [3.05, 3.63) is 36.4 Å². The van der Waals surface area contributed by atoms with Crippen LogP contribution in [0, 0.1) is 11.8 Å². The Labute approximate surface area is 238 Å². The van der Waals surface area contributed by atoms with Gasteiger partial charge in [-0.1, -0.05) is 18.9 Å². The van der Waals surface area contributed by atoms with Gasteiger partial charge in [0.2, 0.25) is 0 Å². The smallest absolute Gasteiger partial charge is 0.460 e. The van der Waals surface area contributed by atoms with E-state index in [1.807, 2.05) is 0 Å². The van der Waals surface area contributed by atoms with Crippen LogP contribution in [0.5, 0.6) is 0 Å². The van der Waals surface area contributed by atoms with Crippen molar-refractivity contribution in [3.63, 3.8) is 0 Å². The minimum atomic E-state index is -7.43. The lowest BCUT2D eigenvalue weighted by molar-refractivity contribution is -0.382. The zero-order chi connectivity index (χ0) is 30.4. The normalized spacial score (nSPS) is 24.4. The zero-order valence-electron chi connectivity index (χ0n) is 21.4. The summed E-state index contributed by atoms with van der Waals surface area (Å²) in [5.41, 5.74) is 0. The van der Waals surface area contributed by atoms with Crippen LogP contribution in [-0.4, -0.2) is 53.0 Å². The average Bonchev–Trinajstić information content (AvgIpc) is 3.43. The molecular weight excluding hydrogens is 627 g/mol. The second-order valence-electron chi connectivity index (χ2n) is 10.6. The number of hydrogen-bond acceptors (Lipinski definition) is 4. The van der Waals surface area contributed by atoms with E-state index in [9.17, 15) is 52.5 Å². The first-order valence-electron chi connectivity index (χ1n) is 12.9. The third-order valence-electron chi connectivity index (χ3n) is 7.85. The van der Waals surface area contributed by atoms with Crippen molar-refractivity contribution < 1.29 is 52.5 Å². The van der Waals surface area contributed by atoms with Crippen LogP contribution in [0.2, 0.25) is 0 Å². The molecule has 6 rings (SSSR count). The summed E-state index contributed by atoms with van der Waals surface area (Å²) in [5, 5.41) is -3.35. The largest absolute Gasteiger partial charge is 0.743 e. The molecule has 4 fully saturated rings. The number of alkyl halides is 9. The summed E-state index contributed by atoms with van der Waals surface area (Å²) in [4.78, 5) is 3.10. The number of hydrogen-bond donors (Lipinski definition) is 0. The van der Waals surface area contributed by atoms with Crippen molar-refractivity contribution in [1.82, 2.24) is 0 Å². The van der Waals surface area contributed by atoms with Crippen molar-refractivity contribution in [2.75, 3.05) is 11.5 Å². The Hall–Kier alpha value is -1.32. The highest BCUT2D eigenvalue weighted by Crippen LogP contribution is 2.54. The summed E-state index contributed by atoms with van der Waals surface area (Å²) >= 11 is 2.17. The van der Waals surface area contributed by atoms with Gasteiger partial charge in [-0.15, -0.1) is 11.8 Å². The van der Waals surface area contributed by atoms with Crippen molar-refractivity contribution >= 4 is 43.5 Å². The Morgan fingerprint density at radius 2 is 1.34 bits per heavy atom. The molecule has 3 nitrogen and oxygen atoms in total. The van der Waals surface area contributed by atoms with Gasteiger partial charge in [0.15, 0.2) is 15.0 Å². The molecule has 0 radical (unpaired) electrons. The number of thioether (sulfide) groups is 1. The second-order valence-corrected chi connectivity index (χ2v) is 15.6. The Morgan fingerprint density at radius 1 is 0.780 bits per heavy atom. The Bertz CT molecular complexity index is 1330. The molecule has 3 aliphatic carbocycles. The van der Waals surface area contributed by atoms with Crippen molar-refractivity contribution in [3.8, 4) is 0 Å². The number of benzene rings is 2. The van der Waals surface area contributed by atoms with E-state index in [2.05, 4.69) is 48.2 Å². The first-order chi connectivity index (χ1) is 18.8. The first-order valence-corrected chi connectivity index (χ1v) is 16.7. The Kier molecular flexibility index (Phi) is 9.25. The fourth-order valence-electron chi connectivity index (χ4n) is 5.50. The fourth-order valence-corrected chi connectivity index (χ4v) is 9.80. The van der Waals surface area contributed by atoms with Gasteiger partial charge in [-0.05, 0) is 79.0 Å². The highest BCUT2D eigenvalue weighted by Gasteiger charge is 2.83. The maximum atomic E-state index is 12.2. The van der Waals surface area contributed by atoms with Crippen molar-refractivity contribution in [1.29, 1.82) is 0 Å². The van der Waals surface area contributed by atoms with Gasteiger partial charge >= 0.3 is 23.3 Å². The molecule has 1 unspecified atom stereocenters. The fraction of sp³-hybridized carbons (Fsp3) is 0.615. The summed E-state index contributed by atoms with van der Waals surface area (Å²) in [6, 6.07) is 14.5. The lowest BCUT2D eigenvalue weighted by Gasteiger charge is -2.42. The predicted molar refractivity (Wildman–Crippen MR) is 139 cm³/mol. The number of fused-ring (bicyclic) bond motifs is 4. The minimum absolute atomic E-state index is 0.536. The molecule has 2 bridgehead atoms. The molecule has 0 N–H and O–H groups in total. The molecule has 1 heterocycles. The summed E-state index contributed by atoms with van der Waals surface area (Å²) in [7, 11) is -6.88. The predicted octanol–water partition coefficient (Wildman–Crippen LogP) is 8.24. The molecule has 230 valence electrons. The molecule has 41 heavy (non-hydrogen) atoms. The number of halogens is 9. The molecule has 1 aliphatic heterocycles. The third kappa shape index (κ3) is 6.47. The highest BCUT2D eigenvalue weighted by atomic mass is 32.2. The highest BCUT2D eigenvalue weighted by molar-refractivity contribution is 8.00. The molecule has 2 aromatic carbocycles. The van der Waals surface area contributed by atoms with Crippen LogP contribution in [0.15, 0.2) is 46.2 Å². The maximum Gasteiger partial charge on any atom is 0.460 e. The van der Waals surface area contributed by atoms with E-state index in [0.717, 1.165) is 17.1 Å². The van der Waals surface area contributed by atoms with E-state index in [1.54, 1.807) is 4.90 Å². The molecule has 3 saturated carbocycles. The van der Waals surface area contributed by atoms with Crippen LogP contribution < -0.4 is 0 Å². The standard InChI is InChI=1S/C22H27S2.C4HF9O3S/c1-2-12-24(11-1)21-10-8-18-14-20(9-7-19(18)15-21)23-22-13-16-3-5-17(22)6-4-16;5-1(6,3(9,10)11)2(7,8)4(12,13)17(14,15)16/h7-10,14-17,22H,1-6,11-13H2;(H,14,15,16)/q+1;/p-1. The van der Waals surface area contributed by atoms with Gasteiger partial charge in [0.05, 0.1) is 0 Å². The SMILES string of the molecule is O=S(=O)([O-])C(F)(F)C(F)(F)C(F)(F)C(F)(F)F.c1cc2cc([S+]3CCCC3)ccc2cc1SC1CC2CCC1CC2. The van der Waals surface area contributed by atoms with Crippen LogP contribution >= 0.6 is 11.8 Å². The molecule has 0 amide bonds. The molecule has 1 saturated heterocycles. The van der Waals surface area contributed by atoms with Crippen LogP contribution in [0.1, 0.15) is 44.9 Å². The Morgan fingerprint density at radius 3 is 1.85 bits per heavy atom. The minimum Gasteiger partial charge on any atom is -0.743 e. The Balaban J connectivity index is 0.000000204. The summed E-state index contributed by atoms with van der Waals surface area (Å²) in [5.74, 6) is -9.96. The van der Waals surface area contributed by atoms with Crippen LogP contribution in [0.4, 0.5) is 39.5 Å². The third-order valence-corrected chi connectivity index (χ3v) is 12.6. The summed E-state index contributed by atoms with van der Waals surface area (Å²) in [6.45, 7) is 0. The molecular formula is C26H27F9O3S3. The maximum absolute atomic E-state index is 12.2. The molecule has 2 aromatic rings. The van der Waals surface area contributed by atoms with Gasteiger partial charge < -0.3 is 4.55 Å². The summed E-state index contributed by atoms with van der Waals surface area (Å²) in [6.07, 6.45) is 3.15. The van der Waals surface area contributed by atoms with E-state index >= 15 is 0 Å². The van der Waals surface area contributed by atoms with E-state index in [4.69, 9.17) is 0 Å². The molecule has 0 spiro atoms. The van der Waals surface area contributed by atoms with Crippen molar-refractivity contribution in [2.24, 2.45) is 11.8 Å². The molecule has 0 aromatic heterocycles. The quantitative estimate of drug-likeness (QED) is 0.179. The lowest BCUT2D eigenvalue weighted by atomic mass is 9.70. The van der Waals surface area contributed by atoms with Gasteiger partial charge in [0.25, 0.3) is 0 Å². The van der Waals surface area contributed by atoms with Crippen molar-refractivity contribution in [2.45, 2.75) is 83.3 Å². The summed E-state index contributed by atoms with van der Waals surface area (Å²) < 4.78 is 135.